The smallest absolute Gasteiger partial charge is 0.0827 e. The second kappa shape index (κ2) is 1.78. The molecule has 0 aromatic rings. The predicted molar refractivity (Wildman–Crippen MR) is 26.9 cm³/mol. The maximum absolute atomic E-state index is 8.81. The van der Waals surface area contributed by atoms with E-state index < -0.39 is 0 Å². The van der Waals surface area contributed by atoms with E-state index in [0.29, 0.717) is 6.54 Å². The van der Waals surface area contributed by atoms with Crippen molar-refractivity contribution in [3.8, 4) is 0 Å². The molecule has 7 heavy (non-hydrogen) atoms. The number of aliphatic hydroxyl groups is 1. The standard InChI is InChI=1S/C4H10N2O/c5-3-1-6-2-4(3)7/h3-4,6-7H,1-2,5H2/t3-,4+/m1/s1. The lowest BCUT2D eigenvalue weighted by molar-refractivity contribution is 0.179. The Balaban J connectivity index is 2.33. The molecule has 0 bridgehead atoms. The van der Waals surface area contributed by atoms with E-state index in [1.54, 1.807) is 0 Å². The number of hydrogen-bond acceptors (Lipinski definition) is 3. The van der Waals surface area contributed by atoms with E-state index in [-0.39, 0.29) is 12.1 Å². The molecule has 3 heteroatoms. The van der Waals surface area contributed by atoms with Crippen molar-refractivity contribution < 1.29 is 5.11 Å². The highest BCUT2D eigenvalue weighted by Crippen LogP contribution is 1.93. The molecule has 4 N–H and O–H groups in total. The first-order valence-electron chi connectivity index (χ1n) is 2.45. The van der Waals surface area contributed by atoms with Crippen molar-refractivity contribution in [2.24, 2.45) is 5.73 Å². The molecule has 0 amide bonds. The first kappa shape index (κ1) is 5.03. The Morgan fingerprint density at radius 1 is 1.57 bits per heavy atom. The third kappa shape index (κ3) is 0.907. The molecule has 0 radical (unpaired) electrons. The van der Waals surface area contributed by atoms with E-state index >= 15 is 0 Å². The SMILES string of the molecule is N[C@@H]1CNC[C@@H]1O. The minimum absolute atomic E-state index is 0.0417. The van der Waals surface area contributed by atoms with E-state index in [4.69, 9.17) is 10.8 Å². The summed E-state index contributed by atoms with van der Waals surface area (Å²) in [4.78, 5) is 0. The maximum Gasteiger partial charge on any atom is 0.0827 e. The lowest BCUT2D eigenvalue weighted by Crippen LogP contribution is -2.32. The fourth-order valence-electron chi connectivity index (χ4n) is 0.685. The van der Waals surface area contributed by atoms with E-state index in [1.807, 2.05) is 0 Å². The number of β-amino-alcohol motifs (C(OH)–C–C–N with tert-alkyl or cyclic N) is 1. The molecule has 1 saturated heterocycles. The Morgan fingerprint density at radius 2 is 2.29 bits per heavy atom. The van der Waals surface area contributed by atoms with Crippen molar-refractivity contribution in [3.63, 3.8) is 0 Å². The van der Waals surface area contributed by atoms with Crippen LogP contribution in [0.5, 0.6) is 0 Å². The molecule has 3 nitrogen and oxygen atoms in total. The topological polar surface area (TPSA) is 58.3 Å². The zero-order valence-electron chi connectivity index (χ0n) is 4.09. The molecule has 0 aromatic heterocycles. The highest BCUT2D eigenvalue weighted by molar-refractivity contribution is 4.82. The van der Waals surface area contributed by atoms with Crippen LogP contribution in [0.2, 0.25) is 0 Å². The molecular weight excluding hydrogens is 92.1 g/mol. The molecule has 0 unspecified atom stereocenters. The number of nitrogens with one attached hydrogen (secondary N) is 1. The van der Waals surface area contributed by atoms with Gasteiger partial charge in [0.25, 0.3) is 0 Å². The van der Waals surface area contributed by atoms with Crippen molar-refractivity contribution in [3.05, 3.63) is 0 Å². The molecule has 0 aliphatic carbocycles. The summed E-state index contributed by atoms with van der Waals surface area (Å²) in [6, 6.07) is -0.0417. The fraction of sp³-hybridized carbons (Fsp3) is 1.00. The van der Waals surface area contributed by atoms with Crippen LogP contribution in [0, 0.1) is 0 Å². The number of aliphatic hydroxyl groups excluding tert-OH is 1. The largest absolute Gasteiger partial charge is 0.390 e. The quantitative estimate of drug-likeness (QED) is 0.341. The third-order valence-corrected chi connectivity index (χ3v) is 1.23. The van der Waals surface area contributed by atoms with Gasteiger partial charge >= 0.3 is 0 Å². The summed E-state index contributed by atoms with van der Waals surface area (Å²) in [5.74, 6) is 0. The molecule has 1 aliphatic rings. The second-order valence-corrected chi connectivity index (χ2v) is 1.89. The van der Waals surface area contributed by atoms with Crippen LogP contribution in [0.25, 0.3) is 0 Å². The Labute approximate surface area is 42.5 Å². The van der Waals surface area contributed by atoms with Crippen LogP contribution in [0.15, 0.2) is 0 Å². The molecule has 42 valence electrons. The Hall–Kier alpha value is -0.120. The molecule has 0 spiro atoms. The molecule has 1 aliphatic heterocycles. The molecule has 1 heterocycles. The predicted octanol–water partition coefficient (Wildman–Crippen LogP) is -1.72. The first-order chi connectivity index (χ1) is 3.30. The third-order valence-electron chi connectivity index (χ3n) is 1.23. The summed E-state index contributed by atoms with van der Waals surface area (Å²) in [6.07, 6.45) is -0.319. The van der Waals surface area contributed by atoms with E-state index in [1.165, 1.54) is 0 Å². The van der Waals surface area contributed by atoms with Crippen LogP contribution in [-0.4, -0.2) is 30.3 Å². The summed E-state index contributed by atoms with van der Waals surface area (Å²) < 4.78 is 0. The Bertz CT molecular complexity index is 58.7. The van der Waals surface area contributed by atoms with Crippen LogP contribution in [0.1, 0.15) is 0 Å². The van der Waals surface area contributed by atoms with Crippen molar-refractivity contribution in [1.29, 1.82) is 0 Å². The average molecular weight is 102 g/mol. The van der Waals surface area contributed by atoms with Gasteiger partial charge in [-0.05, 0) is 0 Å². The fourth-order valence-corrected chi connectivity index (χ4v) is 0.685. The molecule has 0 saturated carbocycles. The van der Waals surface area contributed by atoms with Gasteiger partial charge in [0.1, 0.15) is 0 Å². The summed E-state index contributed by atoms with van der Waals surface area (Å²) in [6.45, 7) is 1.41. The van der Waals surface area contributed by atoms with Crippen molar-refractivity contribution in [2.75, 3.05) is 13.1 Å². The van der Waals surface area contributed by atoms with Gasteiger partial charge < -0.3 is 16.2 Å². The minimum Gasteiger partial charge on any atom is -0.390 e. The van der Waals surface area contributed by atoms with E-state index in [0.717, 1.165) is 6.54 Å². The highest BCUT2D eigenvalue weighted by Gasteiger charge is 2.19. The summed E-state index contributed by atoms with van der Waals surface area (Å²) >= 11 is 0. The van der Waals surface area contributed by atoms with Gasteiger partial charge in [-0.1, -0.05) is 0 Å². The van der Waals surface area contributed by atoms with Gasteiger partial charge in [-0.2, -0.15) is 0 Å². The van der Waals surface area contributed by atoms with Gasteiger partial charge in [0.05, 0.1) is 6.10 Å². The van der Waals surface area contributed by atoms with Crippen LogP contribution < -0.4 is 11.1 Å². The van der Waals surface area contributed by atoms with Crippen LogP contribution >= 0.6 is 0 Å². The van der Waals surface area contributed by atoms with Gasteiger partial charge in [0, 0.05) is 19.1 Å². The first-order valence-corrected chi connectivity index (χ1v) is 2.45. The molecule has 0 aromatic carbocycles. The monoisotopic (exact) mass is 102 g/mol. The van der Waals surface area contributed by atoms with Crippen LogP contribution in [0.3, 0.4) is 0 Å². The minimum atomic E-state index is -0.319. The van der Waals surface area contributed by atoms with Gasteiger partial charge in [0.15, 0.2) is 0 Å². The van der Waals surface area contributed by atoms with E-state index in [2.05, 4.69) is 5.32 Å². The second-order valence-electron chi connectivity index (χ2n) is 1.89. The molecule has 1 rings (SSSR count). The summed E-state index contributed by atoms with van der Waals surface area (Å²) in [5.41, 5.74) is 5.37. The number of nitrogens with two attached hydrogens (primary N) is 1. The van der Waals surface area contributed by atoms with Crippen LogP contribution in [-0.2, 0) is 0 Å². The highest BCUT2D eigenvalue weighted by atomic mass is 16.3. The van der Waals surface area contributed by atoms with Gasteiger partial charge in [0.2, 0.25) is 0 Å². The number of hydrogen-bond donors (Lipinski definition) is 3. The van der Waals surface area contributed by atoms with Gasteiger partial charge in [-0.25, -0.2) is 0 Å². The average Bonchev–Trinajstić information content (AvgIpc) is 1.91. The van der Waals surface area contributed by atoms with Crippen molar-refractivity contribution >= 4 is 0 Å². The lowest BCUT2D eigenvalue weighted by Gasteiger charge is -2.02. The molecular formula is C4H10N2O. The zero-order chi connectivity index (χ0) is 5.28. The van der Waals surface area contributed by atoms with Gasteiger partial charge in [-0.3, -0.25) is 0 Å². The lowest BCUT2D eigenvalue weighted by atomic mass is 10.2. The zero-order valence-corrected chi connectivity index (χ0v) is 4.09. The van der Waals surface area contributed by atoms with E-state index in [9.17, 15) is 0 Å². The normalized spacial score (nSPS) is 42.0. The molecule has 2 atom stereocenters. The summed E-state index contributed by atoms with van der Waals surface area (Å²) in [5, 5.41) is 11.8. The molecule has 1 fully saturated rings. The maximum atomic E-state index is 8.81. The summed E-state index contributed by atoms with van der Waals surface area (Å²) in [7, 11) is 0. The van der Waals surface area contributed by atoms with Gasteiger partial charge in [-0.15, -0.1) is 0 Å². The Kier molecular flexibility index (Phi) is 1.27. The van der Waals surface area contributed by atoms with Crippen molar-refractivity contribution in [2.45, 2.75) is 12.1 Å². The van der Waals surface area contributed by atoms with Crippen LogP contribution in [0.4, 0.5) is 0 Å². The Morgan fingerprint density at radius 3 is 2.43 bits per heavy atom. The van der Waals surface area contributed by atoms with Crippen molar-refractivity contribution in [1.82, 2.24) is 5.32 Å². The number of rotatable bonds is 0.